The largest absolute Gasteiger partial charge is 0.355 e. The molecule has 1 heterocycles. The van der Waals surface area contributed by atoms with Crippen LogP contribution in [0.15, 0.2) is 60.8 Å². The number of carbonyl (C=O) groups excluding carboxylic acids is 1. The van der Waals surface area contributed by atoms with Gasteiger partial charge in [0.2, 0.25) is 0 Å². The molecule has 0 aliphatic rings. The molecule has 0 saturated carbocycles. The maximum Gasteiger partial charge on any atom is 0.251 e. The van der Waals surface area contributed by atoms with Crippen molar-refractivity contribution in [2.75, 3.05) is 7.05 Å². The molecule has 3 nitrogen and oxygen atoms in total. The minimum absolute atomic E-state index is 0.0528. The number of fused-ring (bicyclic) bond motifs is 1. The molecule has 0 unspecified atom stereocenters. The summed E-state index contributed by atoms with van der Waals surface area (Å²) in [6.07, 6.45) is 2.09. The Labute approximate surface area is 117 Å². The normalized spacial score (nSPS) is 10.7. The summed E-state index contributed by atoms with van der Waals surface area (Å²) in [4.78, 5) is 11.5. The van der Waals surface area contributed by atoms with E-state index in [1.807, 2.05) is 36.4 Å². The van der Waals surface area contributed by atoms with E-state index in [4.69, 9.17) is 0 Å². The summed E-state index contributed by atoms with van der Waals surface area (Å²) in [6, 6.07) is 18.2. The van der Waals surface area contributed by atoms with E-state index in [9.17, 15) is 4.79 Å². The molecular formula is C17H16N2O. The van der Waals surface area contributed by atoms with Crippen molar-refractivity contribution >= 4 is 16.8 Å². The first kappa shape index (κ1) is 12.5. The molecule has 0 spiro atoms. The van der Waals surface area contributed by atoms with Crippen molar-refractivity contribution < 1.29 is 4.79 Å². The Morgan fingerprint density at radius 3 is 2.55 bits per heavy atom. The number of rotatable bonds is 3. The lowest BCUT2D eigenvalue weighted by Gasteiger charge is -2.07. The second kappa shape index (κ2) is 5.21. The maximum absolute atomic E-state index is 11.5. The third kappa shape index (κ3) is 2.30. The van der Waals surface area contributed by atoms with E-state index in [1.165, 1.54) is 16.5 Å². The molecule has 20 heavy (non-hydrogen) atoms. The van der Waals surface area contributed by atoms with Crippen molar-refractivity contribution in [3.8, 4) is 0 Å². The number of aromatic nitrogens is 1. The van der Waals surface area contributed by atoms with Gasteiger partial charge in [-0.1, -0.05) is 30.3 Å². The topological polar surface area (TPSA) is 34.0 Å². The van der Waals surface area contributed by atoms with Gasteiger partial charge in [-0.05, 0) is 35.2 Å². The van der Waals surface area contributed by atoms with Crippen LogP contribution in [0, 0.1) is 0 Å². The van der Waals surface area contributed by atoms with Crippen LogP contribution in [0.3, 0.4) is 0 Å². The summed E-state index contributed by atoms with van der Waals surface area (Å²) in [6.45, 7) is 0.807. The second-order valence-electron chi connectivity index (χ2n) is 4.78. The van der Waals surface area contributed by atoms with E-state index >= 15 is 0 Å². The van der Waals surface area contributed by atoms with Gasteiger partial charge in [0, 0.05) is 30.9 Å². The fourth-order valence-corrected chi connectivity index (χ4v) is 2.38. The number of nitrogens with one attached hydrogen (secondary N) is 1. The van der Waals surface area contributed by atoms with Gasteiger partial charge in [-0.3, -0.25) is 4.79 Å². The van der Waals surface area contributed by atoms with E-state index in [0.29, 0.717) is 5.56 Å². The van der Waals surface area contributed by atoms with Gasteiger partial charge in [-0.15, -0.1) is 0 Å². The molecule has 0 aliphatic heterocycles. The first-order valence-electron chi connectivity index (χ1n) is 6.63. The van der Waals surface area contributed by atoms with Crippen molar-refractivity contribution in [3.63, 3.8) is 0 Å². The molecule has 0 aliphatic carbocycles. The Bertz CT molecular complexity index is 741. The summed E-state index contributed by atoms with van der Waals surface area (Å²) in [5.74, 6) is -0.0528. The van der Waals surface area contributed by atoms with E-state index in [2.05, 4.69) is 34.3 Å². The Balaban J connectivity index is 1.86. The smallest absolute Gasteiger partial charge is 0.251 e. The van der Waals surface area contributed by atoms with E-state index in [0.717, 1.165) is 6.54 Å². The maximum atomic E-state index is 11.5. The van der Waals surface area contributed by atoms with Gasteiger partial charge in [-0.25, -0.2) is 0 Å². The van der Waals surface area contributed by atoms with Crippen molar-refractivity contribution in [2.45, 2.75) is 6.54 Å². The summed E-state index contributed by atoms with van der Waals surface area (Å²) in [5.41, 5.74) is 3.09. The van der Waals surface area contributed by atoms with E-state index in [1.54, 1.807) is 7.05 Å². The van der Waals surface area contributed by atoms with Crippen LogP contribution in [0.1, 0.15) is 15.9 Å². The van der Waals surface area contributed by atoms with Gasteiger partial charge in [-0.2, -0.15) is 0 Å². The van der Waals surface area contributed by atoms with Crippen LogP contribution in [0.5, 0.6) is 0 Å². The number of para-hydroxylation sites is 1. The monoisotopic (exact) mass is 264 g/mol. The predicted octanol–water partition coefficient (Wildman–Crippen LogP) is 3.05. The lowest BCUT2D eigenvalue weighted by atomic mass is 10.1. The lowest BCUT2D eigenvalue weighted by molar-refractivity contribution is 0.0963. The molecule has 3 rings (SSSR count). The highest BCUT2D eigenvalue weighted by Gasteiger charge is 2.04. The summed E-state index contributed by atoms with van der Waals surface area (Å²) in [7, 11) is 1.64. The van der Waals surface area contributed by atoms with Crippen LogP contribution in [-0.4, -0.2) is 17.5 Å². The molecule has 0 fully saturated rings. The molecule has 0 saturated heterocycles. The molecule has 1 amide bonds. The highest BCUT2D eigenvalue weighted by atomic mass is 16.1. The van der Waals surface area contributed by atoms with E-state index < -0.39 is 0 Å². The first-order valence-corrected chi connectivity index (χ1v) is 6.63. The zero-order chi connectivity index (χ0) is 13.9. The standard InChI is InChI=1S/C17H16N2O/c1-18-17(20)15-8-6-13(7-9-15)12-19-11-10-14-4-2-3-5-16(14)19/h2-11H,12H2,1H3,(H,18,20). The summed E-state index contributed by atoms with van der Waals surface area (Å²) in [5, 5.41) is 3.87. The third-order valence-corrected chi connectivity index (χ3v) is 3.48. The Kier molecular flexibility index (Phi) is 3.25. The highest BCUT2D eigenvalue weighted by molar-refractivity contribution is 5.93. The second-order valence-corrected chi connectivity index (χ2v) is 4.78. The van der Waals surface area contributed by atoms with Crippen molar-refractivity contribution in [2.24, 2.45) is 0 Å². The van der Waals surface area contributed by atoms with Crippen LogP contribution in [-0.2, 0) is 6.54 Å². The molecule has 3 aromatic rings. The fourth-order valence-electron chi connectivity index (χ4n) is 2.38. The number of hydrogen-bond donors (Lipinski definition) is 1. The summed E-state index contributed by atoms with van der Waals surface area (Å²) < 4.78 is 2.21. The SMILES string of the molecule is CNC(=O)c1ccc(Cn2ccc3ccccc32)cc1. The van der Waals surface area contributed by atoms with Gasteiger partial charge < -0.3 is 9.88 Å². The van der Waals surface area contributed by atoms with Crippen molar-refractivity contribution in [3.05, 3.63) is 71.9 Å². The van der Waals surface area contributed by atoms with Crippen LogP contribution in [0.25, 0.3) is 10.9 Å². The molecule has 0 atom stereocenters. The fraction of sp³-hybridized carbons (Fsp3) is 0.118. The zero-order valence-corrected chi connectivity index (χ0v) is 11.3. The average molecular weight is 264 g/mol. The lowest BCUT2D eigenvalue weighted by Crippen LogP contribution is -2.17. The molecule has 0 radical (unpaired) electrons. The molecule has 2 aromatic carbocycles. The molecule has 0 bridgehead atoms. The Morgan fingerprint density at radius 2 is 1.80 bits per heavy atom. The average Bonchev–Trinajstić information content (AvgIpc) is 2.91. The minimum atomic E-state index is -0.0528. The Morgan fingerprint density at radius 1 is 1.05 bits per heavy atom. The minimum Gasteiger partial charge on any atom is -0.355 e. The highest BCUT2D eigenvalue weighted by Crippen LogP contribution is 2.17. The van der Waals surface area contributed by atoms with Crippen LogP contribution in [0.2, 0.25) is 0 Å². The quantitative estimate of drug-likeness (QED) is 0.775. The Hall–Kier alpha value is -2.55. The van der Waals surface area contributed by atoms with Gasteiger partial charge in [0.05, 0.1) is 0 Å². The van der Waals surface area contributed by atoms with Gasteiger partial charge in [0.1, 0.15) is 0 Å². The predicted molar refractivity (Wildman–Crippen MR) is 80.9 cm³/mol. The molecule has 3 heteroatoms. The summed E-state index contributed by atoms with van der Waals surface area (Å²) >= 11 is 0. The third-order valence-electron chi connectivity index (χ3n) is 3.48. The van der Waals surface area contributed by atoms with E-state index in [-0.39, 0.29) is 5.91 Å². The van der Waals surface area contributed by atoms with Crippen LogP contribution in [0.4, 0.5) is 0 Å². The van der Waals surface area contributed by atoms with Crippen LogP contribution >= 0.6 is 0 Å². The van der Waals surface area contributed by atoms with Crippen molar-refractivity contribution in [1.82, 2.24) is 9.88 Å². The number of hydrogen-bond acceptors (Lipinski definition) is 1. The van der Waals surface area contributed by atoms with Gasteiger partial charge >= 0.3 is 0 Å². The van der Waals surface area contributed by atoms with Crippen LogP contribution < -0.4 is 5.32 Å². The van der Waals surface area contributed by atoms with Crippen molar-refractivity contribution in [1.29, 1.82) is 0 Å². The van der Waals surface area contributed by atoms with Gasteiger partial charge in [0.15, 0.2) is 0 Å². The number of amides is 1. The van der Waals surface area contributed by atoms with Gasteiger partial charge in [0.25, 0.3) is 5.91 Å². The molecule has 100 valence electrons. The zero-order valence-electron chi connectivity index (χ0n) is 11.3. The number of carbonyl (C=O) groups is 1. The first-order chi connectivity index (χ1) is 9.78. The number of nitrogens with zero attached hydrogens (tertiary/aromatic N) is 1. The number of benzene rings is 2. The molecular weight excluding hydrogens is 248 g/mol. The molecule has 1 N–H and O–H groups in total. The molecule has 1 aromatic heterocycles.